The number of nitrogens with one attached hydrogen (secondary N) is 1. The van der Waals surface area contributed by atoms with Crippen molar-refractivity contribution in [3.8, 4) is 0 Å². The van der Waals surface area contributed by atoms with E-state index in [9.17, 15) is 24.3 Å². The van der Waals surface area contributed by atoms with E-state index in [4.69, 9.17) is 9.47 Å². The molecule has 1 aromatic rings. The molecule has 0 aliphatic carbocycles. The van der Waals surface area contributed by atoms with E-state index in [1.807, 2.05) is 44.2 Å². The SMILES string of the molecule is C=CCCC(=O)NC[C@H](OC(=O)[C@H]1[C@@H]2O[C@@]3(CC2Br)[C@@H]1C(=O)N([C@@H](CC)CO)[C@@H]3C(=O)N(CC=C)C(C)CCC)c1ccccc1. The summed E-state index contributed by atoms with van der Waals surface area (Å²) >= 11 is 3.71. The van der Waals surface area contributed by atoms with Crippen molar-refractivity contribution in [2.24, 2.45) is 11.8 Å². The van der Waals surface area contributed by atoms with Crippen molar-refractivity contribution in [3.05, 3.63) is 61.2 Å². The van der Waals surface area contributed by atoms with Crippen LogP contribution in [0.4, 0.5) is 0 Å². The minimum Gasteiger partial charge on any atom is -0.455 e. The van der Waals surface area contributed by atoms with Crippen LogP contribution in [0.2, 0.25) is 0 Å². The Hall–Kier alpha value is -3.02. The Morgan fingerprint density at radius 3 is 2.57 bits per heavy atom. The summed E-state index contributed by atoms with van der Waals surface area (Å²) in [5.74, 6) is -3.46. The first kappa shape index (κ1) is 35.8. The molecule has 3 aliphatic rings. The van der Waals surface area contributed by atoms with Crippen molar-refractivity contribution in [2.45, 2.75) is 100 Å². The van der Waals surface area contributed by atoms with Crippen molar-refractivity contribution in [3.63, 3.8) is 0 Å². The third-order valence-corrected chi connectivity index (χ3v) is 10.5. The van der Waals surface area contributed by atoms with Crippen molar-refractivity contribution >= 4 is 39.6 Å². The number of carbonyl (C=O) groups excluding carboxylic acids is 4. The highest BCUT2D eigenvalue weighted by molar-refractivity contribution is 9.09. The number of allylic oxidation sites excluding steroid dienone is 1. The number of esters is 1. The molecule has 3 amide bonds. The predicted molar refractivity (Wildman–Crippen MR) is 178 cm³/mol. The van der Waals surface area contributed by atoms with Gasteiger partial charge in [-0.1, -0.05) is 78.7 Å². The van der Waals surface area contributed by atoms with Gasteiger partial charge in [0, 0.05) is 23.8 Å². The summed E-state index contributed by atoms with van der Waals surface area (Å²) in [7, 11) is 0. The molecule has 2 N–H and O–H groups in total. The minimum atomic E-state index is -1.29. The lowest BCUT2D eigenvalue weighted by atomic mass is 9.70. The van der Waals surface area contributed by atoms with E-state index < -0.39 is 53.6 Å². The Balaban J connectivity index is 1.70. The number of fused-ring (bicyclic) bond motifs is 1. The smallest absolute Gasteiger partial charge is 0.313 e. The Bertz CT molecular complexity index is 1270. The Morgan fingerprint density at radius 1 is 1.24 bits per heavy atom. The maximum absolute atomic E-state index is 14.6. The van der Waals surface area contributed by atoms with Gasteiger partial charge >= 0.3 is 5.97 Å². The van der Waals surface area contributed by atoms with E-state index in [1.165, 1.54) is 4.90 Å². The van der Waals surface area contributed by atoms with Crippen LogP contribution < -0.4 is 5.32 Å². The molecule has 3 aliphatic heterocycles. The van der Waals surface area contributed by atoms with Crippen LogP contribution in [0.1, 0.15) is 71.0 Å². The van der Waals surface area contributed by atoms with Crippen LogP contribution in [0.5, 0.6) is 0 Å². The zero-order chi connectivity index (χ0) is 33.6. The number of halogens is 1. The fourth-order valence-electron chi connectivity index (χ4n) is 7.42. The number of hydrogen-bond acceptors (Lipinski definition) is 7. The largest absolute Gasteiger partial charge is 0.455 e. The van der Waals surface area contributed by atoms with Gasteiger partial charge in [0.2, 0.25) is 17.7 Å². The second-order valence-corrected chi connectivity index (χ2v) is 13.7. The molecule has 46 heavy (non-hydrogen) atoms. The molecule has 2 bridgehead atoms. The predicted octanol–water partition coefficient (Wildman–Crippen LogP) is 4.08. The summed E-state index contributed by atoms with van der Waals surface area (Å²) in [6, 6.07) is 7.34. The molecule has 0 aromatic heterocycles. The van der Waals surface area contributed by atoms with Gasteiger partial charge in [-0.2, -0.15) is 0 Å². The van der Waals surface area contributed by atoms with Crippen LogP contribution in [0.15, 0.2) is 55.6 Å². The third kappa shape index (κ3) is 6.82. The Labute approximate surface area is 280 Å². The van der Waals surface area contributed by atoms with E-state index in [2.05, 4.69) is 41.3 Å². The van der Waals surface area contributed by atoms with Crippen molar-refractivity contribution in [1.29, 1.82) is 0 Å². The van der Waals surface area contributed by atoms with Gasteiger partial charge in [0.15, 0.2) is 0 Å². The highest BCUT2D eigenvalue weighted by atomic mass is 79.9. The van der Waals surface area contributed by atoms with Crippen LogP contribution in [-0.4, -0.2) is 93.0 Å². The monoisotopic (exact) mass is 701 g/mol. The molecule has 2 unspecified atom stereocenters. The van der Waals surface area contributed by atoms with Crippen LogP contribution in [-0.2, 0) is 28.7 Å². The average molecular weight is 703 g/mol. The molecule has 1 aromatic carbocycles. The van der Waals surface area contributed by atoms with Gasteiger partial charge in [-0.25, -0.2) is 0 Å². The number of nitrogens with zero attached hydrogens (tertiary/aromatic N) is 2. The number of benzene rings is 1. The van der Waals surface area contributed by atoms with Gasteiger partial charge in [-0.05, 0) is 38.2 Å². The highest BCUT2D eigenvalue weighted by Gasteiger charge is 2.77. The molecular formula is C35H48BrN3O7. The molecule has 3 fully saturated rings. The summed E-state index contributed by atoms with van der Waals surface area (Å²) in [6.45, 7) is 13.4. The van der Waals surface area contributed by atoms with Crippen LogP contribution in [0.3, 0.4) is 0 Å². The summed E-state index contributed by atoms with van der Waals surface area (Å²) in [6.07, 6.45) is 4.99. The molecule has 4 rings (SSSR count). The molecule has 0 radical (unpaired) electrons. The normalized spacial score (nSPS) is 28.2. The van der Waals surface area contributed by atoms with Crippen molar-refractivity contribution in [1.82, 2.24) is 15.1 Å². The maximum atomic E-state index is 14.6. The van der Waals surface area contributed by atoms with Gasteiger partial charge < -0.3 is 29.7 Å². The molecule has 1 spiro atoms. The first-order valence-corrected chi connectivity index (χ1v) is 17.3. The number of amides is 3. The molecular weight excluding hydrogens is 654 g/mol. The maximum Gasteiger partial charge on any atom is 0.313 e. The molecule has 3 saturated heterocycles. The highest BCUT2D eigenvalue weighted by Crippen LogP contribution is 2.61. The number of alkyl halides is 1. The lowest BCUT2D eigenvalue weighted by Crippen LogP contribution is -2.60. The van der Waals surface area contributed by atoms with Gasteiger partial charge in [0.05, 0.1) is 37.1 Å². The van der Waals surface area contributed by atoms with Crippen molar-refractivity contribution < 1.29 is 33.8 Å². The van der Waals surface area contributed by atoms with Crippen molar-refractivity contribution in [2.75, 3.05) is 19.7 Å². The molecule has 10 nitrogen and oxygen atoms in total. The molecule has 9 atom stereocenters. The zero-order valence-electron chi connectivity index (χ0n) is 27.1. The first-order valence-electron chi connectivity index (χ1n) is 16.4. The standard InChI is InChI=1S/C35H48BrN3O7/c1-6-10-17-27(41)37-20-26(23-15-12-11-13-16-23)45-34(44)28-29-32(42)39(24(9-4)21-40)31(35(29)19-25(36)30(28)46-35)33(43)38(18-8-3)22(5)14-7-2/h6,8,11-13,15-16,22,24-26,28-31,40H,1,3,7,9-10,14,17-21H2,2,4-5H3,(H,37,41)/t22?,24-,25?,26-,28+,29-,30+,31+,35-/m0/s1. The number of rotatable bonds is 17. The first-order chi connectivity index (χ1) is 22.1. The van der Waals surface area contributed by atoms with Crippen LogP contribution >= 0.6 is 15.9 Å². The molecule has 0 saturated carbocycles. The average Bonchev–Trinajstić information content (AvgIpc) is 3.65. The van der Waals surface area contributed by atoms with E-state index in [0.717, 1.165) is 12.8 Å². The second kappa shape index (κ2) is 15.7. The summed E-state index contributed by atoms with van der Waals surface area (Å²) in [4.78, 5) is 58.6. The number of hydrogen-bond donors (Lipinski definition) is 2. The van der Waals surface area contributed by atoms with Gasteiger partial charge in [-0.15, -0.1) is 13.2 Å². The lowest BCUT2D eigenvalue weighted by molar-refractivity contribution is -0.161. The van der Waals surface area contributed by atoms with E-state index in [0.29, 0.717) is 31.4 Å². The summed E-state index contributed by atoms with van der Waals surface area (Å²) in [5, 5.41) is 13.2. The van der Waals surface area contributed by atoms with Gasteiger partial charge in [-0.3, -0.25) is 19.2 Å². The quantitative estimate of drug-likeness (QED) is 0.143. The fraction of sp³-hybridized carbons (Fsp3) is 0.600. The van der Waals surface area contributed by atoms with E-state index >= 15 is 0 Å². The number of carbonyl (C=O) groups is 4. The zero-order valence-corrected chi connectivity index (χ0v) is 28.7. The van der Waals surface area contributed by atoms with E-state index in [1.54, 1.807) is 17.1 Å². The number of aliphatic hydroxyl groups excluding tert-OH is 1. The third-order valence-electron chi connectivity index (χ3n) is 9.65. The number of aliphatic hydroxyl groups is 1. The second-order valence-electron chi connectivity index (χ2n) is 12.5. The molecule has 252 valence electrons. The summed E-state index contributed by atoms with van der Waals surface area (Å²) in [5.41, 5.74) is -0.594. The van der Waals surface area contributed by atoms with Gasteiger partial charge in [0.1, 0.15) is 17.7 Å². The lowest BCUT2D eigenvalue weighted by Gasteiger charge is -2.40. The van der Waals surface area contributed by atoms with Crippen LogP contribution in [0.25, 0.3) is 0 Å². The number of likely N-dealkylation sites (tertiary alicyclic amines) is 1. The Morgan fingerprint density at radius 2 is 1.96 bits per heavy atom. The molecule has 3 heterocycles. The van der Waals surface area contributed by atoms with Gasteiger partial charge in [0.25, 0.3) is 0 Å². The van der Waals surface area contributed by atoms with E-state index in [-0.39, 0.29) is 42.3 Å². The summed E-state index contributed by atoms with van der Waals surface area (Å²) < 4.78 is 12.8. The minimum absolute atomic E-state index is 0.0486. The number of ether oxygens (including phenoxy) is 2. The topological polar surface area (TPSA) is 125 Å². The molecule has 11 heteroatoms. The fourth-order valence-corrected chi connectivity index (χ4v) is 8.36. The van der Waals surface area contributed by atoms with Crippen LogP contribution in [0, 0.1) is 11.8 Å². The Kier molecular flexibility index (Phi) is 12.2.